The van der Waals surface area contributed by atoms with Crippen LogP contribution in [0.5, 0.6) is 17.2 Å². The Morgan fingerprint density at radius 2 is 1.57 bits per heavy atom. The zero-order valence-corrected chi connectivity index (χ0v) is 17.9. The van der Waals surface area contributed by atoms with Crippen molar-refractivity contribution in [3.63, 3.8) is 0 Å². The molecular formula is C24H26N2O4. The largest absolute Gasteiger partial charge is 0.493 e. The van der Waals surface area contributed by atoms with Crippen molar-refractivity contribution >= 4 is 5.91 Å². The highest BCUT2D eigenvalue weighted by Crippen LogP contribution is 2.39. The molecule has 156 valence electrons. The van der Waals surface area contributed by atoms with E-state index in [0.717, 1.165) is 16.8 Å². The number of amides is 1. The number of nitrogens with zero attached hydrogens (tertiary/aromatic N) is 1. The number of aryl methyl sites for hydroxylation is 1. The average molecular weight is 406 g/mol. The fourth-order valence-corrected chi connectivity index (χ4v) is 3.28. The van der Waals surface area contributed by atoms with Gasteiger partial charge in [0, 0.05) is 5.56 Å². The molecule has 6 heteroatoms. The van der Waals surface area contributed by atoms with Gasteiger partial charge in [-0.05, 0) is 43.7 Å². The van der Waals surface area contributed by atoms with Gasteiger partial charge in [0.2, 0.25) is 5.75 Å². The molecule has 0 saturated heterocycles. The van der Waals surface area contributed by atoms with E-state index in [-0.39, 0.29) is 11.9 Å². The maximum absolute atomic E-state index is 12.9. The number of pyridine rings is 1. The summed E-state index contributed by atoms with van der Waals surface area (Å²) in [6.07, 6.45) is 0. The minimum Gasteiger partial charge on any atom is -0.493 e. The first-order valence-electron chi connectivity index (χ1n) is 9.62. The quantitative estimate of drug-likeness (QED) is 0.622. The average Bonchev–Trinajstić information content (AvgIpc) is 2.78. The van der Waals surface area contributed by atoms with Crippen LogP contribution in [0.25, 0.3) is 11.3 Å². The van der Waals surface area contributed by atoms with Crippen molar-refractivity contribution in [3.8, 4) is 28.5 Å². The fraction of sp³-hybridized carbons (Fsp3) is 0.250. The van der Waals surface area contributed by atoms with Crippen LogP contribution in [0.2, 0.25) is 0 Å². The lowest BCUT2D eigenvalue weighted by Gasteiger charge is -2.19. The summed E-state index contributed by atoms with van der Waals surface area (Å²) < 4.78 is 16.2. The third-order valence-electron chi connectivity index (χ3n) is 4.93. The second-order valence-electron chi connectivity index (χ2n) is 6.85. The lowest BCUT2D eigenvalue weighted by Crippen LogP contribution is -2.27. The standard InChI is InChI=1S/C24H26N2O4/c1-15(18-13-21(28-3)23(30-5)22(14-18)29-4)26-24(27)19-11-12-20(25-16(19)2)17-9-7-6-8-10-17/h6-15H,1-5H3,(H,26,27)/t15-/m1/s1. The molecule has 1 amide bonds. The number of aromatic nitrogens is 1. The molecule has 0 aliphatic carbocycles. The Morgan fingerprint density at radius 3 is 2.10 bits per heavy atom. The Morgan fingerprint density at radius 1 is 0.933 bits per heavy atom. The number of carbonyl (C=O) groups is 1. The zero-order valence-electron chi connectivity index (χ0n) is 17.9. The highest BCUT2D eigenvalue weighted by molar-refractivity contribution is 5.95. The number of hydrogen-bond acceptors (Lipinski definition) is 5. The van der Waals surface area contributed by atoms with E-state index in [2.05, 4.69) is 10.3 Å². The van der Waals surface area contributed by atoms with Crippen LogP contribution in [-0.2, 0) is 0 Å². The van der Waals surface area contributed by atoms with Gasteiger partial charge in [-0.25, -0.2) is 0 Å². The molecule has 0 unspecified atom stereocenters. The van der Waals surface area contributed by atoms with Gasteiger partial charge in [0.1, 0.15) is 0 Å². The zero-order chi connectivity index (χ0) is 21.7. The van der Waals surface area contributed by atoms with Crippen LogP contribution in [0, 0.1) is 6.92 Å². The number of hydrogen-bond donors (Lipinski definition) is 1. The van der Waals surface area contributed by atoms with Crippen molar-refractivity contribution in [1.29, 1.82) is 0 Å². The van der Waals surface area contributed by atoms with Crippen LogP contribution in [0.15, 0.2) is 54.6 Å². The second kappa shape index (κ2) is 9.31. The molecule has 6 nitrogen and oxygen atoms in total. The van der Waals surface area contributed by atoms with Gasteiger partial charge < -0.3 is 19.5 Å². The van der Waals surface area contributed by atoms with E-state index in [1.54, 1.807) is 21.3 Å². The van der Waals surface area contributed by atoms with Gasteiger partial charge in [0.05, 0.1) is 44.3 Å². The van der Waals surface area contributed by atoms with Gasteiger partial charge in [0.25, 0.3) is 5.91 Å². The molecule has 0 aliphatic rings. The summed E-state index contributed by atoms with van der Waals surface area (Å²) in [4.78, 5) is 17.5. The first-order chi connectivity index (χ1) is 14.5. The molecule has 30 heavy (non-hydrogen) atoms. The number of benzene rings is 2. The van der Waals surface area contributed by atoms with Gasteiger partial charge in [-0.3, -0.25) is 9.78 Å². The van der Waals surface area contributed by atoms with Crippen molar-refractivity contribution in [2.24, 2.45) is 0 Å². The molecule has 0 bridgehead atoms. The molecule has 0 radical (unpaired) electrons. The molecule has 3 rings (SSSR count). The van der Waals surface area contributed by atoms with E-state index in [1.807, 2.05) is 68.4 Å². The van der Waals surface area contributed by atoms with Crippen LogP contribution in [0.1, 0.15) is 34.6 Å². The number of ether oxygens (including phenoxy) is 3. The summed E-state index contributed by atoms with van der Waals surface area (Å²) in [5.41, 5.74) is 3.89. The number of carbonyl (C=O) groups excluding carboxylic acids is 1. The highest BCUT2D eigenvalue weighted by Gasteiger charge is 2.19. The van der Waals surface area contributed by atoms with E-state index >= 15 is 0 Å². The van der Waals surface area contributed by atoms with Crippen LogP contribution in [0.3, 0.4) is 0 Å². The fourth-order valence-electron chi connectivity index (χ4n) is 3.28. The van der Waals surface area contributed by atoms with Crippen LogP contribution >= 0.6 is 0 Å². The van der Waals surface area contributed by atoms with Gasteiger partial charge in [-0.15, -0.1) is 0 Å². The third kappa shape index (κ3) is 4.38. The topological polar surface area (TPSA) is 69.7 Å². The minimum absolute atomic E-state index is 0.194. The molecule has 0 spiro atoms. The van der Waals surface area contributed by atoms with E-state index in [9.17, 15) is 4.79 Å². The maximum atomic E-state index is 12.9. The molecule has 1 aromatic heterocycles. The summed E-state index contributed by atoms with van der Waals surface area (Å²) in [6.45, 7) is 3.74. The van der Waals surface area contributed by atoms with Crippen molar-refractivity contribution in [1.82, 2.24) is 10.3 Å². The number of nitrogens with one attached hydrogen (secondary N) is 1. The van der Waals surface area contributed by atoms with Gasteiger partial charge in [-0.1, -0.05) is 30.3 Å². The smallest absolute Gasteiger partial charge is 0.253 e. The van der Waals surface area contributed by atoms with E-state index in [0.29, 0.717) is 28.5 Å². The van der Waals surface area contributed by atoms with Crippen molar-refractivity contribution in [2.75, 3.05) is 21.3 Å². The highest BCUT2D eigenvalue weighted by atomic mass is 16.5. The van der Waals surface area contributed by atoms with Gasteiger partial charge in [0.15, 0.2) is 11.5 Å². The number of methoxy groups -OCH3 is 3. The molecule has 1 N–H and O–H groups in total. The molecule has 1 heterocycles. The molecule has 0 aliphatic heterocycles. The summed E-state index contributed by atoms with van der Waals surface area (Å²) in [7, 11) is 4.68. The monoisotopic (exact) mass is 406 g/mol. The first-order valence-corrected chi connectivity index (χ1v) is 9.62. The summed E-state index contributed by atoms with van der Waals surface area (Å²) in [5, 5.41) is 3.02. The summed E-state index contributed by atoms with van der Waals surface area (Å²) in [5.74, 6) is 1.40. The molecule has 0 fully saturated rings. The minimum atomic E-state index is -0.278. The molecule has 3 aromatic rings. The van der Waals surface area contributed by atoms with Crippen LogP contribution < -0.4 is 19.5 Å². The summed E-state index contributed by atoms with van der Waals surface area (Å²) >= 11 is 0. The van der Waals surface area contributed by atoms with Crippen LogP contribution in [-0.4, -0.2) is 32.2 Å². The van der Waals surface area contributed by atoms with Crippen molar-refractivity contribution < 1.29 is 19.0 Å². The van der Waals surface area contributed by atoms with Crippen molar-refractivity contribution in [2.45, 2.75) is 19.9 Å². The Hall–Kier alpha value is -3.54. The maximum Gasteiger partial charge on any atom is 0.253 e. The molecule has 2 aromatic carbocycles. The van der Waals surface area contributed by atoms with E-state index < -0.39 is 0 Å². The summed E-state index contributed by atoms with van der Waals surface area (Å²) in [6, 6.07) is 16.9. The third-order valence-corrected chi connectivity index (χ3v) is 4.93. The normalized spacial score (nSPS) is 11.5. The van der Waals surface area contributed by atoms with Crippen LogP contribution in [0.4, 0.5) is 0 Å². The Kier molecular flexibility index (Phi) is 6.57. The molecule has 0 saturated carbocycles. The molecule has 1 atom stereocenters. The number of rotatable bonds is 7. The SMILES string of the molecule is COc1cc([C@@H](C)NC(=O)c2ccc(-c3ccccc3)nc2C)cc(OC)c1OC. The van der Waals surface area contributed by atoms with Gasteiger partial charge in [-0.2, -0.15) is 0 Å². The van der Waals surface area contributed by atoms with Gasteiger partial charge >= 0.3 is 0 Å². The van der Waals surface area contributed by atoms with Crippen molar-refractivity contribution in [3.05, 3.63) is 71.4 Å². The lowest BCUT2D eigenvalue weighted by molar-refractivity contribution is 0.0938. The predicted octanol–water partition coefficient (Wildman–Crippen LogP) is 4.57. The predicted molar refractivity (Wildman–Crippen MR) is 116 cm³/mol. The Balaban J connectivity index is 1.82. The van der Waals surface area contributed by atoms with E-state index in [1.165, 1.54) is 0 Å². The lowest BCUT2D eigenvalue weighted by atomic mass is 10.0. The van der Waals surface area contributed by atoms with E-state index in [4.69, 9.17) is 14.2 Å². The second-order valence-corrected chi connectivity index (χ2v) is 6.85. The Labute approximate surface area is 176 Å². The Bertz CT molecular complexity index is 1010. The first kappa shape index (κ1) is 21.2. The molecular weight excluding hydrogens is 380 g/mol.